The highest BCUT2D eigenvalue weighted by Crippen LogP contribution is 2.33. The Kier molecular flexibility index (Phi) is 4.41. The van der Waals surface area contributed by atoms with E-state index in [2.05, 4.69) is 43.1 Å². The molecule has 4 heteroatoms. The molecule has 0 saturated heterocycles. The number of nitrogens with zero attached hydrogens (tertiary/aromatic N) is 2. The highest BCUT2D eigenvalue weighted by atomic mass is 32.1. The maximum Gasteiger partial charge on any atom is 0.0900 e. The highest BCUT2D eigenvalue weighted by molar-refractivity contribution is 7.11. The molecule has 2 rings (SSSR count). The summed E-state index contributed by atoms with van der Waals surface area (Å²) in [5.74, 6) is 0. The van der Waals surface area contributed by atoms with Crippen LogP contribution in [0.4, 0.5) is 0 Å². The van der Waals surface area contributed by atoms with Gasteiger partial charge in [-0.3, -0.25) is 0 Å². The number of likely N-dealkylation sites (N-methyl/N-ethyl adjacent to an activating group) is 1. The van der Waals surface area contributed by atoms with Crippen molar-refractivity contribution in [3.8, 4) is 0 Å². The van der Waals surface area contributed by atoms with E-state index in [1.807, 2.05) is 11.3 Å². The molecule has 1 N–H and O–H groups in total. The summed E-state index contributed by atoms with van der Waals surface area (Å²) < 4.78 is 0. The number of aryl methyl sites for hydroxylation is 2. The fourth-order valence-electron chi connectivity index (χ4n) is 2.96. The Morgan fingerprint density at radius 1 is 1.28 bits per heavy atom. The van der Waals surface area contributed by atoms with Crippen LogP contribution in [0.3, 0.4) is 0 Å². The zero-order valence-corrected chi connectivity index (χ0v) is 12.9. The summed E-state index contributed by atoms with van der Waals surface area (Å²) in [4.78, 5) is 8.28. The smallest absolute Gasteiger partial charge is 0.0900 e. The lowest BCUT2D eigenvalue weighted by atomic mass is 9.96. The number of rotatable bonds is 5. The third-order valence-corrected chi connectivity index (χ3v) is 5.30. The van der Waals surface area contributed by atoms with Crippen molar-refractivity contribution in [3.63, 3.8) is 0 Å². The summed E-state index contributed by atoms with van der Waals surface area (Å²) in [6.45, 7) is 6.25. The fraction of sp³-hybridized carbons (Fsp3) is 0.786. The van der Waals surface area contributed by atoms with E-state index >= 15 is 0 Å². The first-order chi connectivity index (χ1) is 8.53. The maximum absolute atomic E-state index is 4.48. The average Bonchev–Trinajstić information content (AvgIpc) is 2.88. The summed E-state index contributed by atoms with van der Waals surface area (Å²) in [7, 11) is 4.43. The summed E-state index contributed by atoms with van der Waals surface area (Å²) >= 11 is 1.82. The number of aromatic nitrogens is 1. The minimum Gasteiger partial charge on any atom is -0.310 e. The molecule has 0 unspecified atom stereocenters. The van der Waals surface area contributed by atoms with E-state index in [1.54, 1.807) is 0 Å². The fourth-order valence-corrected chi connectivity index (χ4v) is 3.87. The topological polar surface area (TPSA) is 28.2 Å². The van der Waals surface area contributed by atoms with Crippen LogP contribution in [0.5, 0.6) is 0 Å². The first-order valence-electron chi connectivity index (χ1n) is 6.84. The van der Waals surface area contributed by atoms with E-state index in [4.69, 9.17) is 0 Å². The normalized spacial score (nSPS) is 18.7. The predicted molar refractivity (Wildman–Crippen MR) is 78.2 cm³/mol. The zero-order valence-electron chi connectivity index (χ0n) is 12.0. The molecule has 0 atom stereocenters. The Hall–Kier alpha value is -0.450. The van der Waals surface area contributed by atoms with Gasteiger partial charge in [0.1, 0.15) is 0 Å². The maximum atomic E-state index is 4.48. The van der Waals surface area contributed by atoms with Crippen molar-refractivity contribution in [2.24, 2.45) is 0 Å². The number of hydrogen-bond donors (Lipinski definition) is 1. The molecule has 102 valence electrons. The molecule has 1 fully saturated rings. The lowest BCUT2D eigenvalue weighted by Gasteiger charge is -2.36. The van der Waals surface area contributed by atoms with Gasteiger partial charge in [-0.15, -0.1) is 11.3 Å². The second-order valence-corrected chi connectivity index (χ2v) is 6.96. The quantitative estimate of drug-likeness (QED) is 0.889. The Bertz CT molecular complexity index is 392. The minimum atomic E-state index is 0.383. The molecule has 1 aromatic heterocycles. The van der Waals surface area contributed by atoms with Crippen LogP contribution in [0, 0.1) is 13.8 Å². The molecule has 1 aliphatic carbocycles. The van der Waals surface area contributed by atoms with Crippen molar-refractivity contribution >= 4 is 11.3 Å². The first-order valence-corrected chi connectivity index (χ1v) is 7.66. The molecule has 0 amide bonds. The van der Waals surface area contributed by atoms with Crippen LogP contribution in [0.15, 0.2) is 0 Å². The number of hydrogen-bond acceptors (Lipinski definition) is 4. The van der Waals surface area contributed by atoms with E-state index in [-0.39, 0.29) is 0 Å². The van der Waals surface area contributed by atoms with Gasteiger partial charge in [0.2, 0.25) is 0 Å². The van der Waals surface area contributed by atoms with Gasteiger partial charge in [0, 0.05) is 23.5 Å². The molecule has 0 radical (unpaired) electrons. The highest BCUT2D eigenvalue weighted by Gasteiger charge is 2.35. The van der Waals surface area contributed by atoms with Gasteiger partial charge in [0.25, 0.3) is 0 Å². The largest absolute Gasteiger partial charge is 0.310 e. The lowest BCUT2D eigenvalue weighted by Crippen LogP contribution is -2.49. The molecule has 3 nitrogen and oxygen atoms in total. The van der Waals surface area contributed by atoms with Crippen molar-refractivity contribution in [2.45, 2.75) is 51.6 Å². The van der Waals surface area contributed by atoms with E-state index in [9.17, 15) is 0 Å². The zero-order chi connectivity index (χ0) is 13.2. The molecule has 0 spiro atoms. The van der Waals surface area contributed by atoms with Crippen LogP contribution in [0.1, 0.15) is 41.3 Å². The van der Waals surface area contributed by atoms with E-state index in [0.717, 1.165) is 13.1 Å². The van der Waals surface area contributed by atoms with Crippen LogP contribution < -0.4 is 5.32 Å². The van der Waals surface area contributed by atoms with Gasteiger partial charge in [-0.2, -0.15) is 0 Å². The Labute approximate surface area is 115 Å². The van der Waals surface area contributed by atoms with Crippen molar-refractivity contribution in [3.05, 3.63) is 15.6 Å². The molecule has 1 aliphatic rings. The summed E-state index contributed by atoms with van der Waals surface area (Å²) in [5, 5.41) is 4.82. The van der Waals surface area contributed by atoms with E-state index < -0.39 is 0 Å². The summed E-state index contributed by atoms with van der Waals surface area (Å²) in [6, 6.07) is 0. The Balaban J connectivity index is 1.89. The third-order valence-electron chi connectivity index (χ3n) is 4.22. The van der Waals surface area contributed by atoms with Crippen molar-refractivity contribution in [2.75, 3.05) is 20.6 Å². The molecule has 0 aromatic carbocycles. The number of nitrogens with one attached hydrogen (secondary N) is 1. The average molecular weight is 267 g/mol. The van der Waals surface area contributed by atoms with E-state index in [0.29, 0.717) is 5.54 Å². The van der Waals surface area contributed by atoms with Crippen LogP contribution in [0.25, 0.3) is 0 Å². The van der Waals surface area contributed by atoms with Gasteiger partial charge in [0.05, 0.1) is 10.7 Å². The van der Waals surface area contributed by atoms with Crippen LogP contribution in [0.2, 0.25) is 0 Å². The Morgan fingerprint density at radius 2 is 1.94 bits per heavy atom. The monoisotopic (exact) mass is 267 g/mol. The first kappa shape index (κ1) is 14.0. The predicted octanol–water partition coefficient (Wildman–Crippen LogP) is 2.72. The van der Waals surface area contributed by atoms with Gasteiger partial charge in [0.15, 0.2) is 0 Å². The second-order valence-electron chi connectivity index (χ2n) is 5.67. The van der Waals surface area contributed by atoms with Crippen LogP contribution in [-0.4, -0.2) is 36.1 Å². The molecular weight excluding hydrogens is 242 g/mol. The molecule has 1 heterocycles. The van der Waals surface area contributed by atoms with Gasteiger partial charge in [-0.25, -0.2) is 4.98 Å². The standard InChI is InChI=1S/C14H25N3S/c1-11-13(18-12(2)16-11)9-15-10-14(17(3)4)7-5-6-8-14/h15H,5-10H2,1-4H3. The SMILES string of the molecule is Cc1nc(C)c(CNCC2(N(C)C)CCCC2)s1. The lowest BCUT2D eigenvalue weighted by molar-refractivity contribution is 0.154. The van der Waals surface area contributed by atoms with Crippen molar-refractivity contribution in [1.29, 1.82) is 0 Å². The molecule has 0 aliphatic heterocycles. The third kappa shape index (κ3) is 2.92. The van der Waals surface area contributed by atoms with E-state index in [1.165, 1.54) is 41.3 Å². The van der Waals surface area contributed by atoms with Gasteiger partial charge in [-0.05, 0) is 40.8 Å². The molecule has 1 saturated carbocycles. The van der Waals surface area contributed by atoms with Gasteiger partial charge >= 0.3 is 0 Å². The van der Waals surface area contributed by atoms with Gasteiger partial charge < -0.3 is 10.2 Å². The Morgan fingerprint density at radius 3 is 2.44 bits per heavy atom. The summed E-state index contributed by atoms with van der Waals surface area (Å²) in [6.07, 6.45) is 5.40. The molecule has 0 bridgehead atoms. The minimum absolute atomic E-state index is 0.383. The van der Waals surface area contributed by atoms with Crippen molar-refractivity contribution < 1.29 is 0 Å². The van der Waals surface area contributed by atoms with Crippen molar-refractivity contribution in [1.82, 2.24) is 15.2 Å². The second kappa shape index (κ2) is 5.68. The van der Waals surface area contributed by atoms with Gasteiger partial charge in [-0.1, -0.05) is 12.8 Å². The molecular formula is C14H25N3S. The summed E-state index contributed by atoms with van der Waals surface area (Å²) in [5.41, 5.74) is 1.57. The molecule has 1 aromatic rings. The number of thiazole rings is 1. The molecule has 18 heavy (non-hydrogen) atoms. The van der Waals surface area contributed by atoms with Crippen LogP contribution >= 0.6 is 11.3 Å². The van der Waals surface area contributed by atoms with Crippen LogP contribution in [-0.2, 0) is 6.54 Å².